The van der Waals surface area contributed by atoms with Gasteiger partial charge in [-0.25, -0.2) is 9.07 Å². The molecule has 0 radical (unpaired) electrons. The van der Waals surface area contributed by atoms with E-state index in [4.69, 9.17) is 5.84 Å². The van der Waals surface area contributed by atoms with E-state index in [1.807, 2.05) is 6.92 Å². The third-order valence-corrected chi connectivity index (χ3v) is 6.49. The number of hydrogen-bond acceptors (Lipinski definition) is 5. The molecule has 2 aromatic rings. The molecule has 3 rings (SSSR count). The first-order chi connectivity index (χ1) is 12.9. The maximum absolute atomic E-state index is 13.4. The molecule has 0 saturated heterocycles. The summed E-state index contributed by atoms with van der Waals surface area (Å²) in [7, 11) is 0. The zero-order chi connectivity index (χ0) is 19.6. The molecule has 1 aromatic heterocycles. The Morgan fingerprint density at radius 3 is 2.89 bits per heavy atom. The Hall–Kier alpha value is -2.09. The SMILES string of the molecule is C[C@@H]1[C@H](C)CCC[C@H]1NC(=O)[C@@H](C)Sc1nnc(-c2cccc(F)c2)n1N. The Morgan fingerprint density at radius 1 is 1.37 bits per heavy atom. The monoisotopic (exact) mass is 391 g/mol. The van der Waals surface area contributed by atoms with Gasteiger partial charge in [-0.05, 0) is 37.3 Å². The molecule has 1 aromatic carbocycles. The van der Waals surface area contributed by atoms with Crippen LogP contribution in [-0.4, -0.2) is 32.1 Å². The average Bonchev–Trinajstić information content (AvgIpc) is 2.99. The van der Waals surface area contributed by atoms with Gasteiger partial charge in [0.05, 0.1) is 5.25 Å². The fraction of sp³-hybridized carbons (Fsp3) is 0.526. The molecular formula is C19H26FN5OS. The highest BCUT2D eigenvalue weighted by Crippen LogP contribution is 2.30. The van der Waals surface area contributed by atoms with Gasteiger partial charge in [0.25, 0.3) is 0 Å². The lowest BCUT2D eigenvalue weighted by Crippen LogP contribution is -2.46. The van der Waals surface area contributed by atoms with Crippen LogP contribution in [0.25, 0.3) is 11.4 Å². The van der Waals surface area contributed by atoms with E-state index < -0.39 is 0 Å². The lowest BCUT2D eigenvalue weighted by atomic mass is 9.78. The highest BCUT2D eigenvalue weighted by molar-refractivity contribution is 8.00. The molecule has 1 amide bonds. The lowest BCUT2D eigenvalue weighted by Gasteiger charge is -2.35. The van der Waals surface area contributed by atoms with E-state index in [2.05, 4.69) is 29.4 Å². The van der Waals surface area contributed by atoms with E-state index >= 15 is 0 Å². The first kappa shape index (κ1) is 19.7. The molecule has 1 fully saturated rings. The van der Waals surface area contributed by atoms with Crippen LogP contribution in [0.1, 0.15) is 40.0 Å². The molecule has 1 heterocycles. The normalized spacial score (nSPS) is 23.8. The smallest absolute Gasteiger partial charge is 0.233 e. The van der Waals surface area contributed by atoms with Gasteiger partial charge in [0.2, 0.25) is 11.1 Å². The summed E-state index contributed by atoms with van der Waals surface area (Å²) in [6.45, 7) is 6.27. The minimum Gasteiger partial charge on any atom is -0.352 e. The summed E-state index contributed by atoms with van der Waals surface area (Å²) in [5.74, 6) is 7.13. The Bertz CT molecular complexity index is 811. The molecule has 6 nitrogen and oxygen atoms in total. The van der Waals surface area contributed by atoms with Crippen molar-refractivity contribution in [2.45, 2.75) is 56.5 Å². The third-order valence-electron chi connectivity index (χ3n) is 5.43. The van der Waals surface area contributed by atoms with Gasteiger partial charge in [-0.3, -0.25) is 4.79 Å². The maximum atomic E-state index is 13.4. The van der Waals surface area contributed by atoms with Crippen molar-refractivity contribution in [3.63, 3.8) is 0 Å². The highest BCUT2D eigenvalue weighted by Gasteiger charge is 2.30. The molecule has 1 aliphatic rings. The molecule has 0 spiro atoms. The zero-order valence-electron chi connectivity index (χ0n) is 15.9. The molecule has 0 aliphatic heterocycles. The largest absolute Gasteiger partial charge is 0.352 e. The van der Waals surface area contributed by atoms with Gasteiger partial charge < -0.3 is 11.2 Å². The van der Waals surface area contributed by atoms with Crippen molar-refractivity contribution in [1.29, 1.82) is 0 Å². The van der Waals surface area contributed by atoms with Gasteiger partial charge in [0.1, 0.15) is 5.82 Å². The first-order valence-corrected chi connectivity index (χ1v) is 10.2. The van der Waals surface area contributed by atoms with E-state index in [0.29, 0.717) is 28.4 Å². The second kappa shape index (κ2) is 8.29. The van der Waals surface area contributed by atoms with Crippen LogP contribution in [0.3, 0.4) is 0 Å². The molecule has 0 bridgehead atoms. The van der Waals surface area contributed by atoms with Gasteiger partial charge in [-0.15, -0.1) is 10.2 Å². The molecule has 146 valence electrons. The number of carbonyl (C=O) groups excluding carboxylic acids is 1. The van der Waals surface area contributed by atoms with Gasteiger partial charge >= 0.3 is 0 Å². The van der Waals surface area contributed by atoms with Gasteiger partial charge in [0.15, 0.2) is 5.82 Å². The second-order valence-corrected chi connectivity index (χ2v) is 8.64. The quantitative estimate of drug-likeness (QED) is 0.604. The highest BCUT2D eigenvalue weighted by atomic mass is 32.2. The van der Waals surface area contributed by atoms with E-state index in [9.17, 15) is 9.18 Å². The number of benzene rings is 1. The molecule has 27 heavy (non-hydrogen) atoms. The topological polar surface area (TPSA) is 85.8 Å². The summed E-state index contributed by atoms with van der Waals surface area (Å²) in [5.41, 5.74) is 0.541. The van der Waals surface area contributed by atoms with Crippen molar-refractivity contribution in [1.82, 2.24) is 20.2 Å². The number of nitrogens with zero attached hydrogens (tertiary/aromatic N) is 3. The summed E-state index contributed by atoms with van der Waals surface area (Å²) in [6.07, 6.45) is 3.38. The van der Waals surface area contributed by atoms with Crippen molar-refractivity contribution in [2.24, 2.45) is 11.8 Å². The number of hydrogen-bond donors (Lipinski definition) is 2. The fourth-order valence-electron chi connectivity index (χ4n) is 3.48. The lowest BCUT2D eigenvalue weighted by molar-refractivity contribution is -0.121. The minimum absolute atomic E-state index is 0.0266. The average molecular weight is 392 g/mol. The number of nitrogens with two attached hydrogens (primary N) is 1. The molecule has 1 saturated carbocycles. The van der Waals surface area contributed by atoms with Crippen LogP contribution >= 0.6 is 11.8 Å². The van der Waals surface area contributed by atoms with Crippen LogP contribution in [0.5, 0.6) is 0 Å². The summed E-state index contributed by atoms with van der Waals surface area (Å²) in [5, 5.41) is 11.3. The maximum Gasteiger partial charge on any atom is 0.233 e. The predicted octanol–water partition coefficient (Wildman–Crippen LogP) is 3.22. The zero-order valence-corrected chi connectivity index (χ0v) is 16.7. The first-order valence-electron chi connectivity index (χ1n) is 9.30. The van der Waals surface area contributed by atoms with Crippen LogP contribution in [0, 0.1) is 17.7 Å². The van der Waals surface area contributed by atoms with Crippen molar-refractivity contribution in [3.8, 4) is 11.4 Å². The number of carbonyl (C=O) groups is 1. The van der Waals surface area contributed by atoms with Gasteiger partial charge in [-0.2, -0.15) is 0 Å². The number of amides is 1. The van der Waals surface area contributed by atoms with Crippen LogP contribution < -0.4 is 11.2 Å². The van der Waals surface area contributed by atoms with E-state index in [-0.39, 0.29) is 23.0 Å². The van der Waals surface area contributed by atoms with Gasteiger partial charge in [0, 0.05) is 11.6 Å². The predicted molar refractivity (Wildman–Crippen MR) is 105 cm³/mol. The summed E-state index contributed by atoms with van der Waals surface area (Å²) in [4.78, 5) is 12.6. The number of thioether (sulfide) groups is 1. The van der Waals surface area contributed by atoms with Crippen LogP contribution in [0.4, 0.5) is 4.39 Å². The Balaban J connectivity index is 1.65. The molecule has 8 heteroatoms. The summed E-state index contributed by atoms with van der Waals surface area (Å²) >= 11 is 1.25. The van der Waals surface area contributed by atoms with Crippen LogP contribution in [0.2, 0.25) is 0 Å². The van der Waals surface area contributed by atoms with Crippen molar-refractivity contribution < 1.29 is 9.18 Å². The Labute approximate surface area is 163 Å². The fourth-order valence-corrected chi connectivity index (χ4v) is 4.26. The molecule has 1 aliphatic carbocycles. The molecular weight excluding hydrogens is 365 g/mol. The van der Waals surface area contributed by atoms with E-state index in [1.54, 1.807) is 12.1 Å². The number of nitrogens with one attached hydrogen (secondary N) is 1. The van der Waals surface area contributed by atoms with E-state index in [1.165, 1.54) is 35.0 Å². The molecule has 0 unspecified atom stereocenters. The van der Waals surface area contributed by atoms with Crippen molar-refractivity contribution in [2.75, 3.05) is 5.84 Å². The summed E-state index contributed by atoms with van der Waals surface area (Å²) in [6, 6.07) is 6.23. The molecule has 4 atom stereocenters. The van der Waals surface area contributed by atoms with Crippen LogP contribution in [-0.2, 0) is 4.79 Å². The van der Waals surface area contributed by atoms with Crippen molar-refractivity contribution >= 4 is 17.7 Å². The standard InChI is InChI=1S/C19H26FN5OS/c1-11-6-4-9-16(12(11)2)22-18(26)13(3)27-19-24-23-17(25(19)21)14-7-5-8-15(20)10-14/h5,7-8,10-13,16H,4,6,9,21H2,1-3H3,(H,22,26)/t11-,12-,13-,16-/m1/s1. The van der Waals surface area contributed by atoms with Gasteiger partial charge in [-0.1, -0.05) is 50.6 Å². The van der Waals surface area contributed by atoms with Crippen molar-refractivity contribution in [3.05, 3.63) is 30.1 Å². The molecule has 3 N–H and O–H groups in total. The third kappa shape index (κ3) is 4.43. The Kier molecular flexibility index (Phi) is 6.04. The van der Waals surface area contributed by atoms with E-state index in [0.717, 1.165) is 12.8 Å². The number of aromatic nitrogens is 3. The second-order valence-electron chi connectivity index (χ2n) is 7.33. The number of nitrogen functional groups attached to an aromatic ring is 1. The Morgan fingerprint density at radius 2 is 2.15 bits per heavy atom. The summed E-state index contributed by atoms with van der Waals surface area (Å²) < 4.78 is 14.7. The number of rotatable bonds is 5. The number of halogens is 1. The van der Waals surface area contributed by atoms with Crippen LogP contribution in [0.15, 0.2) is 29.4 Å². The minimum atomic E-state index is -0.367.